The number of esters is 3. The number of carbonyl (C=O) groups excluding carboxylic acids is 3. The van der Waals surface area contributed by atoms with Crippen LogP contribution in [0.2, 0.25) is 0 Å². The van der Waals surface area contributed by atoms with Gasteiger partial charge >= 0.3 is 33.6 Å². The van der Waals surface area contributed by atoms with E-state index in [2.05, 4.69) is 167 Å². The minimum atomic E-state index is -4.94. The number of hydrogen-bond donors (Lipinski definition) is 4. The summed E-state index contributed by atoms with van der Waals surface area (Å²) in [5.41, 5.74) is 0. The minimum Gasteiger partial charge on any atom is -0.463 e. The number of aliphatic hydroxyl groups excluding tert-OH is 2. The summed E-state index contributed by atoms with van der Waals surface area (Å²) in [6, 6.07) is 0. The van der Waals surface area contributed by atoms with Crippen LogP contribution in [0.5, 0.6) is 0 Å². The average molecular weight is 1680 g/mol. The highest BCUT2D eigenvalue weighted by Crippen LogP contribution is 2.45. The molecule has 4 N–H and O–H groups in total. The van der Waals surface area contributed by atoms with Crippen molar-refractivity contribution in [2.75, 3.05) is 39.6 Å². The molecule has 0 aliphatic carbocycles. The number of allylic oxidation sites excluding steroid dienone is 24. The van der Waals surface area contributed by atoms with Gasteiger partial charge in [0.1, 0.15) is 25.4 Å². The summed E-state index contributed by atoms with van der Waals surface area (Å²) in [5, 5.41) is 20.7. The normalized spacial score (nSPS) is 14.4. The van der Waals surface area contributed by atoms with Crippen molar-refractivity contribution in [2.45, 2.75) is 424 Å². The third kappa shape index (κ3) is 92.0. The molecule has 0 rings (SSSR count). The lowest BCUT2D eigenvalue weighted by Gasteiger charge is -2.21. The fourth-order valence-corrected chi connectivity index (χ4v) is 14.5. The number of rotatable bonds is 89. The molecule has 0 aromatic carbocycles. The Morgan fingerprint density at radius 3 is 0.752 bits per heavy atom. The van der Waals surface area contributed by atoms with E-state index in [1.165, 1.54) is 199 Å². The Labute approximate surface area is 715 Å². The van der Waals surface area contributed by atoms with Crippen LogP contribution in [0.3, 0.4) is 0 Å². The van der Waals surface area contributed by atoms with Crippen molar-refractivity contribution in [3.8, 4) is 0 Å². The number of phosphoric ester groups is 2. The number of phosphoric acid groups is 2. The highest BCUT2D eigenvalue weighted by atomic mass is 31.2. The summed E-state index contributed by atoms with van der Waals surface area (Å²) >= 11 is 0. The Bertz CT molecular complexity index is 2710. The quantitative estimate of drug-likeness (QED) is 0.0146. The lowest BCUT2D eigenvalue weighted by atomic mass is 10.0. The van der Waals surface area contributed by atoms with Gasteiger partial charge in [0.2, 0.25) is 0 Å². The maximum Gasteiger partial charge on any atom is 0.472 e. The van der Waals surface area contributed by atoms with E-state index in [-0.39, 0.29) is 19.3 Å². The van der Waals surface area contributed by atoms with Crippen LogP contribution in [0.25, 0.3) is 0 Å². The van der Waals surface area contributed by atoms with Crippen LogP contribution in [-0.2, 0) is 55.8 Å². The van der Waals surface area contributed by atoms with E-state index >= 15 is 0 Å². The van der Waals surface area contributed by atoms with Gasteiger partial charge in [-0.25, -0.2) is 9.13 Å². The van der Waals surface area contributed by atoms with Crippen LogP contribution in [0, 0.1) is 0 Å². The van der Waals surface area contributed by atoms with E-state index in [0.29, 0.717) is 19.3 Å². The molecule has 0 saturated carbocycles. The zero-order chi connectivity index (χ0) is 85.1. The largest absolute Gasteiger partial charge is 0.472 e. The summed E-state index contributed by atoms with van der Waals surface area (Å²) in [7, 11) is -9.80. The molecule has 0 heterocycles. The van der Waals surface area contributed by atoms with Crippen molar-refractivity contribution in [3.63, 3.8) is 0 Å². The van der Waals surface area contributed by atoms with Crippen molar-refractivity contribution >= 4 is 33.6 Å². The summed E-state index contributed by atoms with van der Waals surface area (Å²) < 4.78 is 61.4. The third-order valence-corrected chi connectivity index (χ3v) is 21.9. The molecule has 5 unspecified atom stereocenters. The first-order valence-electron chi connectivity index (χ1n) is 47.1. The van der Waals surface area contributed by atoms with Crippen molar-refractivity contribution in [3.05, 3.63) is 146 Å². The van der Waals surface area contributed by atoms with Crippen LogP contribution in [0.15, 0.2) is 146 Å². The van der Waals surface area contributed by atoms with Crippen molar-refractivity contribution in [2.24, 2.45) is 0 Å². The number of unbranched alkanes of at least 4 members (excludes halogenated alkanes) is 42. The number of hydrogen-bond acceptors (Lipinski definition) is 14. The first-order chi connectivity index (χ1) is 57.2. The highest BCUT2D eigenvalue weighted by Gasteiger charge is 2.30. The van der Waals surface area contributed by atoms with E-state index in [1.54, 1.807) is 0 Å². The molecular weight excluding hydrogens is 1510 g/mol. The van der Waals surface area contributed by atoms with Crippen LogP contribution >= 0.6 is 15.6 Å². The number of ether oxygens (including phenoxy) is 3. The molecule has 0 radical (unpaired) electrons. The van der Waals surface area contributed by atoms with Crippen LogP contribution in [0.4, 0.5) is 0 Å². The molecule has 117 heavy (non-hydrogen) atoms. The first kappa shape index (κ1) is 112. The van der Waals surface area contributed by atoms with Crippen molar-refractivity contribution in [1.82, 2.24) is 0 Å². The van der Waals surface area contributed by atoms with Gasteiger partial charge in [-0.05, 0) is 141 Å². The molecule has 16 nitrogen and oxygen atoms in total. The van der Waals surface area contributed by atoms with Gasteiger partial charge in [0.15, 0.2) is 6.10 Å². The first-order valence-corrected chi connectivity index (χ1v) is 50.1. The molecule has 0 aromatic rings. The van der Waals surface area contributed by atoms with E-state index in [1.807, 2.05) is 0 Å². The molecular formula is C99H172O16P2. The molecule has 0 spiro atoms. The summed E-state index contributed by atoms with van der Waals surface area (Å²) in [6.07, 6.45) is 115. The fraction of sp³-hybridized carbons (Fsp3) is 0.727. The monoisotopic (exact) mass is 1680 g/mol. The second-order valence-corrected chi connectivity index (χ2v) is 34.3. The zero-order valence-corrected chi connectivity index (χ0v) is 76.1. The highest BCUT2D eigenvalue weighted by molar-refractivity contribution is 7.47. The molecule has 18 heteroatoms. The number of aliphatic hydroxyl groups is 2. The topological polar surface area (TPSA) is 231 Å². The summed E-state index contributed by atoms with van der Waals surface area (Å²) in [5.74, 6) is -1.58. The molecule has 0 amide bonds. The molecule has 0 saturated heterocycles. The van der Waals surface area contributed by atoms with Gasteiger partial charge in [0, 0.05) is 19.3 Å². The van der Waals surface area contributed by atoms with Crippen molar-refractivity contribution in [1.29, 1.82) is 0 Å². The average Bonchev–Trinajstić information content (AvgIpc) is 0.900. The lowest BCUT2D eigenvalue weighted by molar-refractivity contribution is -0.161. The Balaban J connectivity index is 4.37. The molecule has 0 aliphatic heterocycles. The van der Waals surface area contributed by atoms with Gasteiger partial charge in [0.05, 0.1) is 26.4 Å². The smallest absolute Gasteiger partial charge is 0.463 e. The zero-order valence-electron chi connectivity index (χ0n) is 74.3. The maximum atomic E-state index is 13.0. The van der Waals surface area contributed by atoms with Gasteiger partial charge in [0.25, 0.3) is 0 Å². The Morgan fingerprint density at radius 1 is 0.248 bits per heavy atom. The van der Waals surface area contributed by atoms with Crippen molar-refractivity contribution < 1.29 is 75.8 Å². The van der Waals surface area contributed by atoms with E-state index < -0.39 is 91.5 Å². The van der Waals surface area contributed by atoms with Gasteiger partial charge in [-0.2, -0.15) is 0 Å². The molecule has 0 aliphatic rings. The Hall–Kier alpha value is -4.57. The lowest BCUT2D eigenvalue weighted by Crippen LogP contribution is -2.30. The predicted octanol–water partition coefficient (Wildman–Crippen LogP) is 29.1. The molecule has 0 bridgehead atoms. The predicted molar refractivity (Wildman–Crippen MR) is 491 cm³/mol. The molecule has 5 atom stereocenters. The molecule has 0 fully saturated rings. The van der Waals surface area contributed by atoms with E-state index in [9.17, 15) is 43.5 Å². The summed E-state index contributed by atoms with van der Waals surface area (Å²) in [4.78, 5) is 58.9. The molecule has 0 aromatic heterocycles. The fourth-order valence-electron chi connectivity index (χ4n) is 12.9. The van der Waals surface area contributed by atoms with Crippen LogP contribution < -0.4 is 0 Å². The summed E-state index contributed by atoms with van der Waals surface area (Å²) in [6.45, 7) is 2.51. The standard InChI is InChI=1S/C99H172O16P2/c1-4-7-10-13-16-19-22-25-27-29-31-33-35-37-39-41-43-45-46-48-50-51-53-55-57-59-61-63-65-68-70-73-76-79-82-85-97(102)109-88-94(100)89-111-116(105,106)112-90-95(101)91-113-117(107,108)114-93-96(115-99(104)87-84-81-78-75-72-67-24-21-18-15-12-9-6-3)92-110-98(103)86-83-80-77-74-71-69-66-64-62-60-58-56-54-52-49-47-44-42-40-38-36-34-32-30-28-26-23-20-17-14-11-8-5-2/h7,10,12,15-17,19-21,24-28,31-34,37-40,43,45,94-96,100-101H,4-6,8-9,11,13-14,18,22-23,29-30,35-36,41-42,44,46-93H2,1-3H3,(H,105,106)(H,107,108)/b10-7-,15-12-,19-16-,20-17-,24-21-,27-25-,28-26-,33-31-,34-32-,39-37-,40-38-,45-43-. The molecule has 674 valence electrons. The Morgan fingerprint density at radius 2 is 0.470 bits per heavy atom. The van der Waals surface area contributed by atoms with Gasteiger partial charge in [-0.15, -0.1) is 0 Å². The van der Waals surface area contributed by atoms with E-state index in [4.69, 9.17) is 32.3 Å². The second kappa shape index (κ2) is 90.7. The van der Waals surface area contributed by atoms with Crippen LogP contribution in [-0.4, -0.2) is 95.9 Å². The second-order valence-electron chi connectivity index (χ2n) is 31.4. The Kier molecular flexibility index (Phi) is 87.1. The van der Waals surface area contributed by atoms with Gasteiger partial charge in [-0.3, -0.25) is 32.5 Å². The van der Waals surface area contributed by atoms with Gasteiger partial charge < -0.3 is 34.2 Å². The number of carbonyl (C=O) groups is 3. The van der Waals surface area contributed by atoms with E-state index in [0.717, 1.165) is 148 Å². The minimum absolute atomic E-state index is 0.0886. The third-order valence-electron chi connectivity index (χ3n) is 20.0. The van der Waals surface area contributed by atoms with Crippen LogP contribution in [0.1, 0.15) is 406 Å². The van der Waals surface area contributed by atoms with Gasteiger partial charge in [-0.1, -0.05) is 391 Å². The maximum absolute atomic E-state index is 13.0. The SMILES string of the molecule is CC/C=C\C/C=C\C/C=C\C/C=C\C/C=C\C/C=C\CCCCCCCCCCCCCCCCCCC(=O)OCC(O)COP(=O)(O)OCC(O)COP(=O)(O)OCC(COC(=O)CCCCCCCCCCCCCCCCCCC/C=C\C/C=C\C/C=C\C/C=C\CCCCC)OC(=O)CCCCCCC/C=C\C/C=C\CCC.